The zero-order chi connectivity index (χ0) is 25.2. The molecule has 0 bridgehead atoms. The lowest BCUT2D eigenvalue weighted by Crippen LogP contribution is -2.17. The minimum Gasteiger partial charge on any atom is -0.324 e. The second kappa shape index (κ2) is 9.49. The lowest BCUT2D eigenvalue weighted by Gasteiger charge is -2.12. The van der Waals surface area contributed by atoms with E-state index in [-0.39, 0.29) is 23.4 Å². The van der Waals surface area contributed by atoms with Crippen molar-refractivity contribution < 1.29 is 22.4 Å². The lowest BCUT2D eigenvalue weighted by molar-refractivity contribution is -0.138. The maximum absolute atomic E-state index is 14.7. The Kier molecular flexibility index (Phi) is 6.45. The fraction of sp³-hybridized carbons (Fsp3) is 0.174. The molecule has 0 aliphatic heterocycles. The highest BCUT2D eigenvalue weighted by atomic mass is 19.4. The second-order valence-corrected chi connectivity index (χ2v) is 7.71. The molecule has 4 aromatic rings. The number of carbonyl (C=O) groups is 1. The Labute approximate surface area is 197 Å². The summed E-state index contributed by atoms with van der Waals surface area (Å²) >= 11 is 0. The standard InChI is InChI=1S/C23H19F4N7O/c1-13-19(23(25,26)27)7-17(10-28-13)32-21(35)6-15-4-3-14(5-20(15)24)16-8-29-22(30-9-16)33-18-11-31-34(2)12-18/h3-5,7-12H,6H2,1-2H3,(H,32,35)(H,29,30,33). The van der Waals surface area contributed by atoms with Crippen LogP contribution >= 0.6 is 0 Å². The number of halogens is 4. The summed E-state index contributed by atoms with van der Waals surface area (Å²) in [6.45, 7) is 1.22. The summed E-state index contributed by atoms with van der Waals surface area (Å²) in [6.07, 6.45) is 2.57. The molecule has 0 saturated carbocycles. The molecule has 0 radical (unpaired) electrons. The Balaban J connectivity index is 1.42. The molecular formula is C23H19F4N7O. The van der Waals surface area contributed by atoms with E-state index in [1.54, 1.807) is 30.2 Å². The number of rotatable bonds is 6. The summed E-state index contributed by atoms with van der Waals surface area (Å²) in [6, 6.07) is 5.08. The second-order valence-electron chi connectivity index (χ2n) is 7.71. The number of alkyl halides is 3. The first-order valence-electron chi connectivity index (χ1n) is 10.3. The van der Waals surface area contributed by atoms with Crippen molar-refractivity contribution >= 4 is 23.2 Å². The van der Waals surface area contributed by atoms with Gasteiger partial charge in [0.15, 0.2) is 0 Å². The lowest BCUT2D eigenvalue weighted by atomic mass is 10.0. The monoisotopic (exact) mass is 485 g/mol. The molecule has 0 saturated heterocycles. The number of nitrogens with one attached hydrogen (secondary N) is 2. The number of aromatic nitrogens is 5. The molecule has 0 aliphatic rings. The van der Waals surface area contributed by atoms with Gasteiger partial charge in [-0.15, -0.1) is 0 Å². The van der Waals surface area contributed by atoms with Crippen LogP contribution in [0.5, 0.6) is 0 Å². The molecule has 3 aromatic heterocycles. The largest absolute Gasteiger partial charge is 0.418 e. The van der Waals surface area contributed by atoms with Crippen molar-refractivity contribution in [2.45, 2.75) is 19.5 Å². The predicted molar refractivity (Wildman–Crippen MR) is 120 cm³/mol. The maximum Gasteiger partial charge on any atom is 0.418 e. The fourth-order valence-electron chi connectivity index (χ4n) is 3.29. The summed E-state index contributed by atoms with van der Waals surface area (Å²) in [5.41, 5.74) is 0.570. The van der Waals surface area contributed by atoms with Crippen LogP contribution in [0.1, 0.15) is 16.8 Å². The molecule has 1 aromatic carbocycles. The zero-order valence-electron chi connectivity index (χ0n) is 18.6. The quantitative estimate of drug-likeness (QED) is 0.386. The molecular weight excluding hydrogens is 466 g/mol. The molecule has 180 valence electrons. The topological polar surface area (TPSA) is 97.6 Å². The minimum absolute atomic E-state index is 0.0816. The van der Waals surface area contributed by atoms with Crippen molar-refractivity contribution in [1.82, 2.24) is 24.7 Å². The number of hydrogen-bond acceptors (Lipinski definition) is 6. The van der Waals surface area contributed by atoms with Gasteiger partial charge in [0.2, 0.25) is 11.9 Å². The van der Waals surface area contributed by atoms with Crippen LogP contribution in [0, 0.1) is 12.7 Å². The van der Waals surface area contributed by atoms with Crippen molar-refractivity contribution in [2.24, 2.45) is 7.05 Å². The highest BCUT2D eigenvalue weighted by molar-refractivity contribution is 5.92. The number of carbonyl (C=O) groups excluding carboxylic acids is 1. The molecule has 0 spiro atoms. The number of aryl methyl sites for hydroxylation is 2. The molecule has 4 rings (SSSR count). The van der Waals surface area contributed by atoms with Gasteiger partial charge in [0.1, 0.15) is 5.82 Å². The van der Waals surface area contributed by atoms with E-state index in [1.165, 1.54) is 31.5 Å². The summed E-state index contributed by atoms with van der Waals surface area (Å²) < 4.78 is 55.4. The molecule has 1 amide bonds. The molecule has 8 nitrogen and oxygen atoms in total. The normalized spacial score (nSPS) is 11.4. The zero-order valence-corrected chi connectivity index (χ0v) is 18.6. The van der Waals surface area contributed by atoms with Crippen molar-refractivity contribution in [3.05, 3.63) is 77.9 Å². The van der Waals surface area contributed by atoms with Crippen molar-refractivity contribution in [3.8, 4) is 11.1 Å². The minimum atomic E-state index is -4.60. The first-order valence-corrected chi connectivity index (χ1v) is 10.3. The molecule has 0 aliphatic carbocycles. The van der Waals surface area contributed by atoms with Gasteiger partial charge in [-0.05, 0) is 30.2 Å². The van der Waals surface area contributed by atoms with Gasteiger partial charge in [0.05, 0.1) is 35.8 Å². The maximum atomic E-state index is 14.7. The van der Waals surface area contributed by atoms with Gasteiger partial charge in [-0.2, -0.15) is 18.3 Å². The third-order valence-corrected chi connectivity index (χ3v) is 5.03. The third kappa shape index (κ3) is 5.78. The van der Waals surface area contributed by atoms with E-state index in [4.69, 9.17) is 0 Å². The Morgan fingerprint density at radius 2 is 1.74 bits per heavy atom. The van der Waals surface area contributed by atoms with E-state index in [9.17, 15) is 22.4 Å². The van der Waals surface area contributed by atoms with E-state index in [0.717, 1.165) is 12.3 Å². The molecule has 12 heteroatoms. The van der Waals surface area contributed by atoms with E-state index in [0.29, 0.717) is 22.8 Å². The Morgan fingerprint density at radius 1 is 1.00 bits per heavy atom. The first-order chi connectivity index (χ1) is 16.6. The van der Waals surface area contributed by atoms with Gasteiger partial charge < -0.3 is 10.6 Å². The first kappa shape index (κ1) is 23.8. The summed E-state index contributed by atoms with van der Waals surface area (Å²) in [5.74, 6) is -0.979. The highest BCUT2D eigenvalue weighted by Gasteiger charge is 2.33. The van der Waals surface area contributed by atoms with Crippen LogP contribution in [-0.2, 0) is 24.4 Å². The molecule has 0 atom stereocenters. The Bertz CT molecular complexity index is 1370. The summed E-state index contributed by atoms with van der Waals surface area (Å²) in [7, 11) is 1.78. The number of pyridine rings is 1. The Hall–Kier alpha value is -4.35. The molecule has 0 fully saturated rings. The average Bonchev–Trinajstić information content (AvgIpc) is 3.20. The molecule has 2 N–H and O–H groups in total. The van der Waals surface area contributed by atoms with Gasteiger partial charge >= 0.3 is 6.18 Å². The van der Waals surface area contributed by atoms with E-state index >= 15 is 0 Å². The van der Waals surface area contributed by atoms with Crippen molar-refractivity contribution in [1.29, 1.82) is 0 Å². The van der Waals surface area contributed by atoms with Crippen LogP contribution < -0.4 is 10.6 Å². The number of anilines is 3. The van der Waals surface area contributed by atoms with Crippen LogP contribution in [0.15, 0.2) is 55.2 Å². The van der Waals surface area contributed by atoms with Gasteiger partial charge in [-0.1, -0.05) is 12.1 Å². The molecule has 35 heavy (non-hydrogen) atoms. The van der Waals surface area contributed by atoms with E-state index < -0.39 is 23.5 Å². The van der Waals surface area contributed by atoms with Crippen molar-refractivity contribution in [3.63, 3.8) is 0 Å². The Morgan fingerprint density at radius 3 is 2.37 bits per heavy atom. The number of nitrogens with zero attached hydrogens (tertiary/aromatic N) is 5. The fourth-order valence-corrected chi connectivity index (χ4v) is 3.29. The van der Waals surface area contributed by atoms with Crippen LogP contribution in [0.2, 0.25) is 0 Å². The summed E-state index contributed by atoms with van der Waals surface area (Å²) in [4.78, 5) is 24.4. The van der Waals surface area contributed by atoms with Crippen LogP contribution in [-0.4, -0.2) is 30.6 Å². The van der Waals surface area contributed by atoms with Crippen LogP contribution in [0.4, 0.5) is 34.9 Å². The number of amides is 1. The SMILES string of the molecule is Cc1ncc(NC(=O)Cc2ccc(-c3cnc(Nc4cnn(C)c4)nc3)cc2F)cc1C(F)(F)F. The number of benzene rings is 1. The van der Waals surface area contributed by atoms with Crippen molar-refractivity contribution in [2.75, 3.05) is 10.6 Å². The van der Waals surface area contributed by atoms with Gasteiger partial charge in [-0.25, -0.2) is 14.4 Å². The predicted octanol–water partition coefficient (Wildman–Crippen LogP) is 4.66. The van der Waals surface area contributed by atoms with E-state index in [2.05, 4.69) is 30.7 Å². The number of hydrogen-bond donors (Lipinski definition) is 2. The van der Waals surface area contributed by atoms with E-state index in [1.807, 2.05) is 0 Å². The highest BCUT2D eigenvalue weighted by Crippen LogP contribution is 2.32. The third-order valence-electron chi connectivity index (χ3n) is 5.03. The van der Waals surface area contributed by atoms with Gasteiger partial charge in [-0.3, -0.25) is 14.5 Å². The van der Waals surface area contributed by atoms with Crippen LogP contribution in [0.3, 0.4) is 0 Å². The summed E-state index contributed by atoms with van der Waals surface area (Å²) in [5, 5.41) is 9.36. The molecule has 3 heterocycles. The average molecular weight is 485 g/mol. The van der Waals surface area contributed by atoms with Crippen LogP contribution in [0.25, 0.3) is 11.1 Å². The van der Waals surface area contributed by atoms with Gasteiger partial charge in [0.25, 0.3) is 0 Å². The van der Waals surface area contributed by atoms with Gasteiger partial charge in [0, 0.05) is 36.9 Å². The molecule has 0 unspecified atom stereocenters. The smallest absolute Gasteiger partial charge is 0.324 e.